The summed E-state index contributed by atoms with van der Waals surface area (Å²) in [6, 6.07) is 5.24. The fraction of sp³-hybridized carbons (Fsp3) is 0.417. The van der Waals surface area contributed by atoms with Crippen molar-refractivity contribution >= 4 is 5.69 Å². The number of nitriles is 1. The zero-order chi connectivity index (χ0) is 13.8. The van der Waals surface area contributed by atoms with Gasteiger partial charge in [-0.05, 0) is 11.6 Å². The van der Waals surface area contributed by atoms with E-state index in [1.807, 2.05) is 33.8 Å². The number of benzene rings is 1. The molecule has 0 aromatic heterocycles. The van der Waals surface area contributed by atoms with Crippen molar-refractivity contribution < 1.29 is 9.31 Å². The van der Waals surface area contributed by atoms with Crippen LogP contribution in [-0.2, 0) is 6.42 Å². The average Bonchev–Trinajstić information content (AvgIpc) is 2.36. The first kappa shape index (κ1) is 17.4. The normalized spacial score (nSPS) is 7.76. The van der Waals surface area contributed by atoms with E-state index in [-0.39, 0.29) is 6.42 Å². The molecule has 0 aliphatic heterocycles. The van der Waals surface area contributed by atoms with Crippen molar-refractivity contribution in [3.8, 4) is 6.07 Å². The Morgan fingerprint density at radius 2 is 1.88 bits per heavy atom. The van der Waals surface area contributed by atoms with Gasteiger partial charge in [0.1, 0.15) is 0 Å². The van der Waals surface area contributed by atoms with Crippen molar-refractivity contribution in [1.29, 1.82) is 5.26 Å². The van der Waals surface area contributed by atoms with Gasteiger partial charge in [-0.3, -0.25) is 10.1 Å². The molecule has 0 atom stereocenters. The zero-order valence-corrected chi connectivity index (χ0v) is 10.5. The number of nitro groups is 1. The number of nitro benzene ring substituents is 1. The Labute approximate surface area is 101 Å². The lowest BCUT2D eigenvalue weighted by molar-refractivity contribution is -0.387. The highest BCUT2D eigenvalue weighted by Crippen LogP contribution is 2.18. The minimum Gasteiger partial charge on any atom is -0.258 e. The smallest absolute Gasteiger partial charge is 0.258 e. The van der Waals surface area contributed by atoms with Gasteiger partial charge in [0, 0.05) is 6.07 Å². The van der Waals surface area contributed by atoms with Crippen molar-refractivity contribution in [3.63, 3.8) is 0 Å². The molecule has 0 spiro atoms. The van der Waals surface area contributed by atoms with Crippen LogP contribution in [0.25, 0.3) is 0 Å². The first-order chi connectivity index (χ1) is 8.15. The summed E-state index contributed by atoms with van der Waals surface area (Å²) < 4.78 is 12.7. The van der Waals surface area contributed by atoms with Gasteiger partial charge in [-0.15, -0.1) is 0 Å². The van der Waals surface area contributed by atoms with Gasteiger partial charge in [-0.2, -0.15) is 9.65 Å². The topological polar surface area (TPSA) is 66.9 Å². The van der Waals surface area contributed by atoms with Crippen LogP contribution in [0.2, 0.25) is 0 Å². The molecule has 0 unspecified atom stereocenters. The molecule has 0 heterocycles. The first-order valence-corrected chi connectivity index (χ1v) is 5.45. The maximum atomic E-state index is 12.7. The van der Waals surface area contributed by atoms with Gasteiger partial charge in [0.05, 0.1) is 17.4 Å². The van der Waals surface area contributed by atoms with Crippen molar-refractivity contribution in [1.82, 2.24) is 0 Å². The molecule has 0 radical (unpaired) electrons. The monoisotopic (exact) mass is 240 g/mol. The zero-order valence-electron chi connectivity index (χ0n) is 10.5. The molecular weight excluding hydrogens is 223 g/mol. The Hall–Kier alpha value is -1.96. The molecule has 0 bridgehead atoms. The molecule has 0 saturated carbocycles. The molecule has 1 aromatic rings. The van der Waals surface area contributed by atoms with Gasteiger partial charge in [0.2, 0.25) is 5.82 Å². The highest BCUT2D eigenvalue weighted by Gasteiger charge is 2.13. The number of halogens is 1. The minimum absolute atomic E-state index is 0.0428. The number of nitrogens with zero attached hydrogens (tertiary/aromatic N) is 2. The third-order valence-electron chi connectivity index (χ3n) is 1.49. The van der Waals surface area contributed by atoms with E-state index in [9.17, 15) is 14.5 Å². The van der Waals surface area contributed by atoms with Gasteiger partial charge in [0.25, 0.3) is 0 Å². The average molecular weight is 240 g/mol. The summed E-state index contributed by atoms with van der Waals surface area (Å²) in [5, 5.41) is 18.6. The predicted molar refractivity (Wildman–Crippen MR) is 65.1 cm³/mol. The van der Waals surface area contributed by atoms with E-state index in [0.717, 1.165) is 12.1 Å². The maximum absolute atomic E-state index is 12.7. The Balaban J connectivity index is 0. The highest BCUT2D eigenvalue weighted by atomic mass is 19.1. The van der Waals surface area contributed by atoms with E-state index < -0.39 is 16.4 Å². The van der Waals surface area contributed by atoms with E-state index in [1.165, 1.54) is 6.07 Å². The van der Waals surface area contributed by atoms with Crippen LogP contribution in [0.4, 0.5) is 10.1 Å². The quantitative estimate of drug-likeness (QED) is 0.582. The van der Waals surface area contributed by atoms with Crippen LogP contribution in [0.3, 0.4) is 0 Å². The number of rotatable bonds is 2. The minimum atomic E-state index is -0.883. The van der Waals surface area contributed by atoms with Crippen LogP contribution < -0.4 is 0 Å². The molecule has 0 fully saturated rings. The third kappa shape index (κ3) is 6.25. The van der Waals surface area contributed by atoms with Gasteiger partial charge in [-0.1, -0.05) is 33.8 Å². The highest BCUT2D eigenvalue weighted by molar-refractivity contribution is 5.37. The summed E-state index contributed by atoms with van der Waals surface area (Å²) in [5.74, 6) is -0.883. The van der Waals surface area contributed by atoms with Gasteiger partial charge >= 0.3 is 5.69 Å². The number of hydrogen-bond donors (Lipinski definition) is 0. The molecule has 5 heteroatoms. The Bertz CT molecular complexity index is 387. The van der Waals surface area contributed by atoms with E-state index in [2.05, 4.69) is 0 Å². The lowest BCUT2D eigenvalue weighted by Gasteiger charge is -1.95. The van der Waals surface area contributed by atoms with E-state index in [4.69, 9.17) is 5.26 Å². The van der Waals surface area contributed by atoms with E-state index in [1.54, 1.807) is 0 Å². The molecule has 1 rings (SSSR count). The second-order valence-corrected chi connectivity index (χ2v) is 2.38. The predicted octanol–water partition coefficient (Wildman–Crippen LogP) is 3.85. The summed E-state index contributed by atoms with van der Waals surface area (Å²) in [7, 11) is 0. The van der Waals surface area contributed by atoms with Crippen LogP contribution >= 0.6 is 0 Å². The molecule has 0 N–H and O–H groups in total. The lowest BCUT2D eigenvalue weighted by Crippen LogP contribution is -1.94. The molecule has 0 saturated heterocycles. The fourth-order valence-electron chi connectivity index (χ4n) is 0.899. The van der Waals surface area contributed by atoms with Crippen LogP contribution in [0.5, 0.6) is 0 Å². The van der Waals surface area contributed by atoms with Gasteiger partial charge < -0.3 is 0 Å². The Kier molecular flexibility index (Phi) is 10.8. The maximum Gasteiger partial charge on any atom is 0.305 e. The Morgan fingerprint density at radius 3 is 2.29 bits per heavy atom. The SMILES string of the molecule is CC.CC.N#CCc1ccc(F)c([N+](=O)[O-])c1. The summed E-state index contributed by atoms with van der Waals surface area (Å²) in [6.07, 6.45) is 0.0428. The molecule has 1 aromatic carbocycles. The summed E-state index contributed by atoms with van der Waals surface area (Å²) >= 11 is 0. The van der Waals surface area contributed by atoms with Crippen molar-refractivity contribution in [3.05, 3.63) is 39.7 Å². The van der Waals surface area contributed by atoms with Crippen LogP contribution in [0, 0.1) is 27.3 Å². The van der Waals surface area contributed by atoms with Gasteiger partial charge in [-0.25, -0.2) is 0 Å². The molecule has 0 amide bonds. The molecular formula is C12H17FN2O2. The second kappa shape index (κ2) is 10.6. The number of hydrogen-bond acceptors (Lipinski definition) is 3. The first-order valence-electron chi connectivity index (χ1n) is 5.45. The molecule has 94 valence electrons. The van der Waals surface area contributed by atoms with Crippen molar-refractivity contribution in [2.75, 3.05) is 0 Å². The Morgan fingerprint density at radius 1 is 1.35 bits per heavy atom. The lowest BCUT2D eigenvalue weighted by atomic mass is 10.1. The fourth-order valence-corrected chi connectivity index (χ4v) is 0.899. The second-order valence-electron chi connectivity index (χ2n) is 2.38. The summed E-state index contributed by atoms with van der Waals surface area (Å²) in [6.45, 7) is 8.00. The van der Waals surface area contributed by atoms with Crippen LogP contribution in [0.15, 0.2) is 18.2 Å². The van der Waals surface area contributed by atoms with Crippen LogP contribution in [0.1, 0.15) is 33.3 Å². The van der Waals surface area contributed by atoms with Crippen molar-refractivity contribution in [2.24, 2.45) is 0 Å². The van der Waals surface area contributed by atoms with E-state index >= 15 is 0 Å². The summed E-state index contributed by atoms with van der Waals surface area (Å²) in [5.41, 5.74) is -0.150. The standard InChI is InChI=1S/C8H5FN2O2.2C2H6/c9-7-2-1-6(3-4-10)5-8(7)11(12)13;2*1-2/h1-2,5H,3H2;2*1-2H3. The van der Waals surface area contributed by atoms with Crippen LogP contribution in [-0.4, -0.2) is 4.92 Å². The molecule has 17 heavy (non-hydrogen) atoms. The van der Waals surface area contributed by atoms with E-state index in [0.29, 0.717) is 5.56 Å². The molecule has 0 aliphatic rings. The molecule has 0 aliphatic carbocycles. The van der Waals surface area contributed by atoms with Crippen molar-refractivity contribution in [2.45, 2.75) is 34.1 Å². The summed E-state index contributed by atoms with van der Waals surface area (Å²) in [4.78, 5) is 9.45. The molecule has 4 nitrogen and oxygen atoms in total. The third-order valence-corrected chi connectivity index (χ3v) is 1.49. The van der Waals surface area contributed by atoms with Gasteiger partial charge in [0.15, 0.2) is 0 Å². The largest absolute Gasteiger partial charge is 0.305 e.